The Kier molecular flexibility index (Phi) is 7.41. The lowest BCUT2D eigenvalue weighted by Crippen LogP contribution is -2.31. The average molecular weight is 408 g/mol. The Morgan fingerprint density at radius 1 is 1.21 bits per heavy atom. The molecule has 0 amide bonds. The summed E-state index contributed by atoms with van der Waals surface area (Å²) in [5.41, 5.74) is 1.24. The van der Waals surface area contributed by atoms with Crippen LogP contribution >= 0.6 is 11.3 Å². The number of hydrogen-bond acceptors (Lipinski definition) is 8. The van der Waals surface area contributed by atoms with Gasteiger partial charge in [-0.2, -0.15) is 0 Å². The number of ether oxygens (including phenoxy) is 5. The van der Waals surface area contributed by atoms with Crippen LogP contribution in [0.1, 0.15) is 17.3 Å². The predicted molar refractivity (Wildman–Crippen MR) is 104 cm³/mol. The first kappa shape index (κ1) is 20.8. The molecule has 8 heteroatoms. The molecule has 2 heterocycles. The van der Waals surface area contributed by atoms with Gasteiger partial charge in [0.05, 0.1) is 25.9 Å². The molecule has 1 aromatic carbocycles. The SMILES string of the molecule is CCOCC1OC(CO)C(COc2cc(OC)c(C=O)cc2-c2cccs2)O1. The third-order valence-corrected chi connectivity index (χ3v) is 5.26. The highest BCUT2D eigenvalue weighted by molar-refractivity contribution is 7.13. The Morgan fingerprint density at radius 3 is 2.68 bits per heavy atom. The predicted octanol–water partition coefficient (Wildman–Crippen LogP) is 2.75. The number of benzene rings is 1. The molecular formula is C20H24O7S. The number of carbonyl (C=O) groups is 1. The van der Waals surface area contributed by atoms with Crippen molar-refractivity contribution < 1.29 is 33.6 Å². The largest absolute Gasteiger partial charge is 0.496 e. The molecule has 3 unspecified atom stereocenters. The number of rotatable bonds is 10. The van der Waals surface area contributed by atoms with Crippen molar-refractivity contribution in [1.82, 2.24) is 0 Å². The number of aliphatic hydroxyl groups is 1. The molecular weight excluding hydrogens is 384 g/mol. The normalized spacial score (nSPS) is 21.6. The van der Waals surface area contributed by atoms with Gasteiger partial charge >= 0.3 is 0 Å². The van der Waals surface area contributed by atoms with Crippen molar-refractivity contribution in [2.24, 2.45) is 0 Å². The molecule has 1 aliphatic heterocycles. The van der Waals surface area contributed by atoms with Crippen LogP contribution in [0.15, 0.2) is 29.6 Å². The number of hydrogen-bond donors (Lipinski definition) is 1. The molecule has 0 bridgehead atoms. The Hall–Kier alpha value is -1.97. The number of aldehydes is 1. The van der Waals surface area contributed by atoms with E-state index in [-0.39, 0.29) is 13.2 Å². The summed E-state index contributed by atoms with van der Waals surface area (Å²) in [7, 11) is 1.50. The van der Waals surface area contributed by atoms with E-state index in [0.717, 1.165) is 16.7 Å². The topological polar surface area (TPSA) is 83.5 Å². The van der Waals surface area contributed by atoms with Gasteiger partial charge in [0.25, 0.3) is 0 Å². The van der Waals surface area contributed by atoms with Gasteiger partial charge in [0, 0.05) is 23.1 Å². The standard InChI is InChI=1S/C20H24O7S/c1-3-24-12-20-26-17(10-22)18(27-20)11-25-16-8-15(23-2)13(9-21)7-14(16)19-5-4-6-28-19/h4-9,17-18,20,22H,3,10-12H2,1-2H3. The van der Waals surface area contributed by atoms with Crippen LogP contribution in [0, 0.1) is 0 Å². The van der Waals surface area contributed by atoms with Gasteiger partial charge < -0.3 is 28.8 Å². The third-order valence-electron chi connectivity index (χ3n) is 4.35. The van der Waals surface area contributed by atoms with Crippen LogP contribution in [-0.2, 0) is 14.2 Å². The summed E-state index contributed by atoms with van der Waals surface area (Å²) >= 11 is 1.55. The molecule has 2 aromatic rings. The zero-order valence-corrected chi connectivity index (χ0v) is 16.6. The fraction of sp³-hybridized carbons (Fsp3) is 0.450. The second kappa shape index (κ2) is 9.99. The summed E-state index contributed by atoms with van der Waals surface area (Å²) in [6.07, 6.45) is -0.710. The average Bonchev–Trinajstić information content (AvgIpc) is 3.39. The van der Waals surface area contributed by atoms with Gasteiger partial charge in [0.1, 0.15) is 30.3 Å². The van der Waals surface area contributed by atoms with E-state index in [9.17, 15) is 9.90 Å². The molecule has 0 spiro atoms. The molecule has 152 valence electrons. The lowest BCUT2D eigenvalue weighted by Gasteiger charge is -2.18. The summed E-state index contributed by atoms with van der Waals surface area (Å²) < 4.78 is 28.1. The maximum atomic E-state index is 11.4. The van der Waals surface area contributed by atoms with Crippen LogP contribution in [0.4, 0.5) is 0 Å². The summed E-state index contributed by atoms with van der Waals surface area (Å²) in [5.74, 6) is 1.00. The molecule has 7 nitrogen and oxygen atoms in total. The van der Waals surface area contributed by atoms with E-state index >= 15 is 0 Å². The minimum absolute atomic E-state index is 0.176. The van der Waals surface area contributed by atoms with E-state index in [1.54, 1.807) is 23.5 Å². The highest BCUT2D eigenvalue weighted by Gasteiger charge is 2.36. The lowest BCUT2D eigenvalue weighted by atomic mass is 10.1. The molecule has 1 fully saturated rings. The molecule has 0 aliphatic carbocycles. The first-order valence-corrected chi connectivity index (χ1v) is 9.91. The fourth-order valence-corrected chi connectivity index (χ4v) is 3.71. The van der Waals surface area contributed by atoms with E-state index in [4.69, 9.17) is 23.7 Å². The van der Waals surface area contributed by atoms with E-state index in [2.05, 4.69) is 0 Å². The highest BCUT2D eigenvalue weighted by atomic mass is 32.1. The highest BCUT2D eigenvalue weighted by Crippen LogP contribution is 2.38. The van der Waals surface area contributed by atoms with E-state index in [1.807, 2.05) is 24.4 Å². The minimum atomic E-state index is -0.533. The van der Waals surface area contributed by atoms with Crippen LogP contribution in [0.5, 0.6) is 11.5 Å². The Morgan fingerprint density at radius 2 is 2.04 bits per heavy atom. The minimum Gasteiger partial charge on any atom is -0.496 e. The monoisotopic (exact) mass is 408 g/mol. The van der Waals surface area contributed by atoms with Crippen molar-refractivity contribution in [2.75, 3.05) is 33.5 Å². The zero-order chi connectivity index (χ0) is 19.9. The van der Waals surface area contributed by atoms with Gasteiger partial charge in [-0.05, 0) is 24.4 Å². The fourth-order valence-electron chi connectivity index (χ4n) is 2.96. The van der Waals surface area contributed by atoms with Crippen LogP contribution in [0.25, 0.3) is 10.4 Å². The van der Waals surface area contributed by atoms with Crippen LogP contribution in [0.2, 0.25) is 0 Å². The molecule has 1 aliphatic rings. The molecule has 1 saturated heterocycles. The van der Waals surface area contributed by atoms with Crippen molar-refractivity contribution in [3.8, 4) is 21.9 Å². The van der Waals surface area contributed by atoms with E-state index < -0.39 is 18.5 Å². The van der Waals surface area contributed by atoms with Crippen LogP contribution < -0.4 is 9.47 Å². The van der Waals surface area contributed by atoms with Crippen LogP contribution in [-0.4, -0.2) is 63.4 Å². The first-order valence-electron chi connectivity index (χ1n) is 9.03. The van der Waals surface area contributed by atoms with Gasteiger partial charge in [-0.25, -0.2) is 0 Å². The number of methoxy groups -OCH3 is 1. The smallest absolute Gasteiger partial charge is 0.182 e. The third kappa shape index (κ3) is 4.71. The maximum absolute atomic E-state index is 11.4. The quantitative estimate of drug-likeness (QED) is 0.605. The Labute approximate surface area is 167 Å². The van der Waals surface area contributed by atoms with E-state index in [1.165, 1.54) is 7.11 Å². The second-order valence-electron chi connectivity index (χ2n) is 6.12. The summed E-state index contributed by atoms with van der Waals surface area (Å²) in [6.45, 7) is 2.74. The first-order chi connectivity index (χ1) is 13.7. The molecule has 0 saturated carbocycles. The molecule has 28 heavy (non-hydrogen) atoms. The molecule has 3 atom stereocenters. The molecule has 1 N–H and O–H groups in total. The Balaban J connectivity index is 1.78. The summed E-state index contributed by atoms with van der Waals surface area (Å²) in [4.78, 5) is 12.4. The Bertz CT molecular complexity index is 762. The van der Waals surface area contributed by atoms with Gasteiger partial charge in [-0.1, -0.05) is 6.07 Å². The van der Waals surface area contributed by atoms with Gasteiger partial charge in [0.2, 0.25) is 0 Å². The van der Waals surface area contributed by atoms with Gasteiger partial charge in [0.15, 0.2) is 12.6 Å². The van der Waals surface area contributed by atoms with Crippen molar-refractivity contribution >= 4 is 17.6 Å². The van der Waals surface area contributed by atoms with E-state index in [0.29, 0.717) is 30.3 Å². The van der Waals surface area contributed by atoms with Crippen molar-refractivity contribution in [2.45, 2.75) is 25.4 Å². The van der Waals surface area contributed by atoms with Gasteiger partial charge in [-0.15, -0.1) is 11.3 Å². The van der Waals surface area contributed by atoms with Crippen molar-refractivity contribution in [1.29, 1.82) is 0 Å². The van der Waals surface area contributed by atoms with Crippen molar-refractivity contribution in [3.63, 3.8) is 0 Å². The zero-order valence-electron chi connectivity index (χ0n) is 15.8. The molecule has 3 rings (SSSR count). The summed E-state index contributed by atoms with van der Waals surface area (Å²) in [5, 5.41) is 11.5. The van der Waals surface area contributed by atoms with Crippen LogP contribution in [0.3, 0.4) is 0 Å². The van der Waals surface area contributed by atoms with Crippen molar-refractivity contribution in [3.05, 3.63) is 35.2 Å². The second-order valence-corrected chi connectivity index (χ2v) is 7.06. The number of carbonyl (C=O) groups excluding carboxylic acids is 1. The molecule has 1 aromatic heterocycles. The summed E-state index contributed by atoms with van der Waals surface area (Å²) in [6, 6.07) is 7.33. The maximum Gasteiger partial charge on any atom is 0.182 e. The van der Waals surface area contributed by atoms with Gasteiger partial charge in [-0.3, -0.25) is 4.79 Å². The number of thiophene rings is 1. The molecule has 0 radical (unpaired) electrons. The number of aliphatic hydroxyl groups excluding tert-OH is 1. The lowest BCUT2D eigenvalue weighted by molar-refractivity contribution is -0.115.